The van der Waals surface area contributed by atoms with E-state index < -0.39 is 0 Å². The second kappa shape index (κ2) is 2.89. The Morgan fingerprint density at radius 2 is 2.20 bits per heavy atom. The van der Waals surface area contributed by atoms with Crippen LogP contribution in [-0.2, 0) is 11.2 Å². The third-order valence-electron chi connectivity index (χ3n) is 2.84. The summed E-state index contributed by atoms with van der Waals surface area (Å²) in [7, 11) is 0. The van der Waals surface area contributed by atoms with E-state index in [0.29, 0.717) is 12.5 Å². The van der Waals surface area contributed by atoms with E-state index >= 15 is 0 Å². The average Bonchev–Trinajstić information content (AvgIpc) is 2.90. The zero-order valence-electron chi connectivity index (χ0n) is 8.34. The smallest absolute Gasteiger partial charge is 0.228 e. The molecule has 2 aliphatic rings. The molecule has 15 heavy (non-hydrogen) atoms. The van der Waals surface area contributed by atoms with Crippen LogP contribution in [0.1, 0.15) is 18.4 Å². The standard InChI is InChI=1S/C11H13N3O/c12-8-3-6-4-11(15)14-9(6)5-10(8)13-7-1-2-7/h3,5,7,13H,1-2,4,12H2,(H,14,15). The van der Waals surface area contributed by atoms with E-state index in [1.54, 1.807) is 0 Å². The van der Waals surface area contributed by atoms with Crippen molar-refractivity contribution in [2.75, 3.05) is 16.4 Å². The first-order chi connectivity index (χ1) is 7.22. The summed E-state index contributed by atoms with van der Waals surface area (Å²) in [4.78, 5) is 11.2. The molecule has 0 unspecified atom stereocenters. The van der Waals surface area contributed by atoms with Gasteiger partial charge in [0.1, 0.15) is 0 Å². The molecule has 1 saturated carbocycles. The van der Waals surface area contributed by atoms with Gasteiger partial charge in [-0.15, -0.1) is 0 Å². The zero-order valence-corrected chi connectivity index (χ0v) is 8.34. The Labute approximate surface area is 87.8 Å². The first-order valence-corrected chi connectivity index (χ1v) is 5.21. The lowest BCUT2D eigenvalue weighted by Gasteiger charge is -2.10. The number of fused-ring (bicyclic) bond motifs is 1. The molecular weight excluding hydrogens is 190 g/mol. The lowest BCUT2D eigenvalue weighted by molar-refractivity contribution is -0.115. The number of nitrogens with two attached hydrogens (primary N) is 1. The summed E-state index contributed by atoms with van der Waals surface area (Å²) in [5.74, 6) is 0.0490. The van der Waals surface area contributed by atoms with Crippen LogP contribution in [0.4, 0.5) is 17.1 Å². The van der Waals surface area contributed by atoms with Gasteiger partial charge < -0.3 is 16.4 Å². The van der Waals surface area contributed by atoms with Crippen LogP contribution in [0.15, 0.2) is 12.1 Å². The average molecular weight is 203 g/mol. The molecule has 1 amide bonds. The summed E-state index contributed by atoms with van der Waals surface area (Å²) in [5, 5.41) is 6.18. The van der Waals surface area contributed by atoms with E-state index in [2.05, 4.69) is 10.6 Å². The van der Waals surface area contributed by atoms with E-state index in [1.807, 2.05) is 12.1 Å². The highest BCUT2D eigenvalue weighted by molar-refractivity contribution is 6.00. The van der Waals surface area contributed by atoms with Crippen molar-refractivity contribution in [2.45, 2.75) is 25.3 Å². The molecule has 1 heterocycles. The summed E-state index contributed by atoms with van der Waals surface area (Å²) in [6.07, 6.45) is 2.87. The van der Waals surface area contributed by atoms with Crippen molar-refractivity contribution >= 4 is 23.0 Å². The van der Waals surface area contributed by atoms with Gasteiger partial charge >= 0.3 is 0 Å². The number of carbonyl (C=O) groups excluding carboxylic acids is 1. The molecule has 0 bridgehead atoms. The quantitative estimate of drug-likeness (QED) is 0.635. The van der Waals surface area contributed by atoms with Crippen molar-refractivity contribution in [3.8, 4) is 0 Å². The predicted molar refractivity (Wildman–Crippen MR) is 59.8 cm³/mol. The number of benzene rings is 1. The number of nitrogen functional groups attached to an aromatic ring is 1. The van der Waals surface area contributed by atoms with Gasteiger partial charge in [0, 0.05) is 11.7 Å². The van der Waals surface area contributed by atoms with Crippen molar-refractivity contribution in [3.05, 3.63) is 17.7 Å². The van der Waals surface area contributed by atoms with Crippen LogP contribution in [0.2, 0.25) is 0 Å². The van der Waals surface area contributed by atoms with Gasteiger partial charge in [0.05, 0.1) is 17.8 Å². The number of nitrogens with one attached hydrogen (secondary N) is 2. The maximum atomic E-state index is 11.2. The van der Waals surface area contributed by atoms with Crippen LogP contribution in [0.5, 0.6) is 0 Å². The van der Waals surface area contributed by atoms with Crippen molar-refractivity contribution in [3.63, 3.8) is 0 Å². The lowest BCUT2D eigenvalue weighted by Crippen LogP contribution is -2.05. The highest BCUT2D eigenvalue weighted by Crippen LogP contribution is 2.34. The Hall–Kier alpha value is -1.71. The topological polar surface area (TPSA) is 67.2 Å². The molecule has 0 atom stereocenters. The van der Waals surface area contributed by atoms with Crippen LogP contribution in [0.3, 0.4) is 0 Å². The minimum atomic E-state index is 0.0490. The summed E-state index contributed by atoms with van der Waals surface area (Å²) in [5.41, 5.74) is 9.49. The fourth-order valence-corrected chi connectivity index (χ4v) is 1.87. The van der Waals surface area contributed by atoms with E-state index in [4.69, 9.17) is 5.73 Å². The van der Waals surface area contributed by atoms with Gasteiger partial charge in [-0.3, -0.25) is 4.79 Å². The Morgan fingerprint density at radius 3 is 2.93 bits per heavy atom. The van der Waals surface area contributed by atoms with Gasteiger partial charge in [-0.25, -0.2) is 0 Å². The molecule has 0 radical (unpaired) electrons. The minimum absolute atomic E-state index is 0.0490. The van der Waals surface area contributed by atoms with Crippen LogP contribution in [-0.4, -0.2) is 11.9 Å². The monoisotopic (exact) mass is 203 g/mol. The maximum Gasteiger partial charge on any atom is 0.228 e. The highest BCUT2D eigenvalue weighted by Gasteiger charge is 2.24. The molecule has 1 aromatic rings. The molecule has 0 spiro atoms. The lowest BCUT2D eigenvalue weighted by atomic mass is 10.1. The normalized spacial score (nSPS) is 18.5. The summed E-state index contributed by atoms with van der Waals surface area (Å²) in [6, 6.07) is 4.40. The summed E-state index contributed by atoms with van der Waals surface area (Å²) >= 11 is 0. The van der Waals surface area contributed by atoms with Crippen molar-refractivity contribution in [2.24, 2.45) is 0 Å². The number of hydrogen-bond donors (Lipinski definition) is 3. The molecule has 1 aliphatic heterocycles. The van der Waals surface area contributed by atoms with Crippen LogP contribution in [0, 0.1) is 0 Å². The Kier molecular flexibility index (Phi) is 1.65. The molecule has 78 valence electrons. The predicted octanol–water partition coefficient (Wildman–Crippen LogP) is 1.34. The number of amides is 1. The maximum absolute atomic E-state index is 11.2. The van der Waals surface area contributed by atoms with E-state index in [0.717, 1.165) is 22.6 Å². The largest absolute Gasteiger partial charge is 0.397 e. The van der Waals surface area contributed by atoms with E-state index in [9.17, 15) is 4.79 Å². The number of anilines is 3. The summed E-state index contributed by atoms with van der Waals surface area (Å²) < 4.78 is 0. The number of rotatable bonds is 2. The van der Waals surface area contributed by atoms with Crippen molar-refractivity contribution in [1.29, 1.82) is 0 Å². The SMILES string of the molecule is Nc1cc2c(cc1NC1CC1)NC(=O)C2. The van der Waals surface area contributed by atoms with E-state index in [1.165, 1.54) is 12.8 Å². The molecule has 4 N–H and O–H groups in total. The molecule has 3 rings (SSSR count). The molecule has 4 nitrogen and oxygen atoms in total. The molecule has 4 heteroatoms. The van der Waals surface area contributed by atoms with Gasteiger partial charge in [0.2, 0.25) is 5.91 Å². The second-order valence-electron chi connectivity index (χ2n) is 4.24. The third-order valence-corrected chi connectivity index (χ3v) is 2.84. The molecule has 0 saturated heterocycles. The molecule has 1 fully saturated rings. The summed E-state index contributed by atoms with van der Waals surface area (Å²) in [6.45, 7) is 0. The Balaban J connectivity index is 1.95. The fourth-order valence-electron chi connectivity index (χ4n) is 1.87. The van der Waals surface area contributed by atoms with Crippen molar-refractivity contribution in [1.82, 2.24) is 0 Å². The molecule has 1 aromatic carbocycles. The second-order valence-corrected chi connectivity index (χ2v) is 4.24. The molecular formula is C11H13N3O. The third kappa shape index (κ3) is 1.52. The van der Waals surface area contributed by atoms with Crippen LogP contribution >= 0.6 is 0 Å². The molecule has 0 aromatic heterocycles. The van der Waals surface area contributed by atoms with Gasteiger partial charge in [0.15, 0.2) is 0 Å². The van der Waals surface area contributed by atoms with Crippen LogP contribution < -0.4 is 16.4 Å². The number of carbonyl (C=O) groups is 1. The van der Waals surface area contributed by atoms with E-state index in [-0.39, 0.29) is 5.91 Å². The minimum Gasteiger partial charge on any atom is -0.397 e. The van der Waals surface area contributed by atoms with Gasteiger partial charge in [-0.1, -0.05) is 0 Å². The van der Waals surface area contributed by atoms with Gasteiger partial charge in [0.25, 0.3) is 0 Å². The first-order valence-electron chi connectivity index (χ1n) is 5.21. The zero-order chi connectivity index (χ0) is 10.4. The number of hydrogen-bond acceptors (Lipinski definition) is 3. The highest BCUT2D eigenvalue weighted by atomic mass is 16.1. The Morgan fingerprint density at radius 1 is 1.40 bits per heavy atom. The Bertz CT molecular complexity index is 438. The first kappa shape index (κ1) is 8.59. The van der Waals surface area contributed by atoms with Gasteiger partial charge in [-0.2, -0.15) is 0 Å². The fraction of sp³-hybridized carbons (Fsp3) is 0.364. The van der Waals surface area contributed by atoms with Crippen LogP contribution in [0.25, 0.3) is 0 Å². The van der Waals surface area contributed by atoms with Crippen molar-refractivity contribution < 1.29 is 4.79 Å². The van der Waals surface area contributed by atoms with Gasteiger partial charge in [-0.05, 0) is 30.5 Å². The molecule has 1 aliphatic carbocycles.